The van der Waals surface area contributed by atoms with Gasteiger partial charge < -0.3 is 14.7 Å². The summed E-state index contributed by atoms with van der Waals surface area (Å²) in [6.45, 7) is 4.52. The Morgan fingerprint density at radius 3 is 2.71 bits per heavy atom. The number of halogens is 3. The zero-order chi connectivity index (χ0) is 20.6. The second kappa shape index (κ2) is 7.46. The Morgan fingerprint density at radius 2 is 2.04 bits per heavy atom. The number of phenols is 1. The van der Waals surface area contributed by atoms with Crippen LogP contribution in [0.4, 0.5) is 13.2 Å². The van der Waals surface area contributed by atoms with Gasteiger partial charge in [0.25, 0.3) is 5.91 Å². The number of hydrogen-bond donors (Lipinski definition) is 1. The quantitative estimate of drug-likeness (QED) is 0.863. The van der Waals surface area contributed by atoms with Crippen molar-refractivity contribution in [3.8, 4) is 5.75 Å². The van der Waals surface area contributed by atoms with Crippen LogP contribution in [0.15, 0.2) is 18.2 Å². The highest BCUT2D eigenvalue weighted by Gasteiger charge is 2.36. The molecular formula is C19H22F3N3O3. The van der Waals surface area contributed by atoms with Crippen LogP contribution in [0.25, 0.3) is 0 Å². The molecule has 28 heavy (non-hydrogen) atoms. The minimum Gasteiger partial charge on any atom is -0.507 e. The molecule has 2 aromatic rings. The maximum Gasteiger partial charge on any atom is 0.408 e. The lowest BCUT2D eigenvalue weighted by Crippen LogP contribution is -2.43. The maximum absolute atomic E-state index is 13.1. The fourth-order valence-electron chi connectivity index (χ4n) is 3.58. The normalized spacial score (nSPS) is 17.8. The largest absolute Gasteiger partial charge is 0.507 e. The first-order valence-corrected chi connectivity index (χ1v) is 8.87. The van der Waals surface area contributed by atoms with Crippen molar-refractivity contribution < 1.29 is 27.8 Å². The van der Waals surface area contributed by atoms with Gasteiger partial charge in [-0.25, -0.2) is 0 Å². The second-order valence-electron chi connectivity index (χ2n) is 6.97. The van der Waals surface area contributed by atoms with Crippen LogP contribution in [0.2, 0.25) is 0 Å². The van der Waals surface area contributed by atoms with E-state index in [-0.39, 0.29) is 24.5 Å². The number of alkyl halides is 3. The molecule has 1 aliphatic heterocycles. The van der Waals surface area contributed by atoms with Crippen LogP contribution < -0.4 is 0 Å². The molecule has 0 aliphatic carbocycles. The van der Waals surface area contributed by atoms with E-state index < -0.39 is 24.7 Å². The Morgan fingerprint density at radius 1 is 1.32 bits per heavy atom. The summed E-state index contributed by atoms with van der Waals surface area (Å²) < 4.78 is 44.9. The van der Waals surface area contributed by atoms with Crippen LogP contribution in [-0.4, -0.2) is 51.6 Å². The lowest BCUT2D eigenvalue weighted by atomic mass is 10.0. The first kappa shape index (κ1) is 20.2. The first-order chi connectivity index (χ1) is 13.1. The molecule has 1 fully saturated rings. The molecule has 6 nitrogen and oxygen atoms in total. The van der Waals surface area contributed by atoms with Crippen molar-refractivity contribution in [2.24, 2.45) is 0 Å². The molecule has 0 bridgehead atoms. The van der Waals surface area contributed by atoms with Gasteiger partial charge in [0.1, 0.15) is 12.3 Å². The van der Waals surface area contributed by atoms with E-state index in [1.165, 1.54) is 11.0 Å². The van der Waals surface area contributed by atoms with E-state index in [0.717, 1.165) is 10.2 Å². The van der Waals surface area contributed by atoms with Gasteiger partial charge in [-0.05, 0) is 32.9 Å². The van der Waals surface area contributed by atoms with E-state index >= 15 is 0 Å². The number of aromatic hydroxyl groups is 1. The summed E-state index contributed by atoms with van der Waals surface area (Å²) in [6, 6.07) is 4.16. The minimum absolute atomic E-state index is 0.137. The number of ether oxygens (including phenoxy) is 1. The Bertz CT molecular complexity index is 893. The van der Waals surface area contributed by atoms with Crippen molar-refractivity contribution in [1.29, 1.82) is 0 Å². The zero-order valence-corrected chi connectivity index (χ0v) is 15.9. The Labute approximate surface area is 160 Å². The maximum atomic E-state index is 13.1. The number of nitrogens with zero attached hydrogens (tertiary/aromatic N) is 3. The summed E-state index contributed by atoms with van der Waals surface area (Å²) in [7, 11) is 0. The topological polar surface area (TPSA) is 67.6 Å². The number of aryl methyl sites for hydroxylation is 2. The summed E-state index contributed by atoms with van der Waals surface area (Å²) >= 11 is 0. The predicted molar refractivity (Wildman–Crippen MR) is 95.2 cm³/mol. The molecule has 152 valence electrons. The van der Waals surface area contributed by atoms with Crippen molar-refractivity contribution in [3.63, 3.8) is 0 Å². The Kier molecular flexibility index (Phi) is 5.38. The smallest absolute Gasteiger partial charge is 0.408 e. The average molecular weight is 397 g/mol. The third-order valence-electron chi connectivity index (χ3n) is 4.87. The van der Waals surface area contributed by atoms with E-state index in [0.29, 0.717) is 23.6 Å². The van der Waals surface area contributed by atoms with Gasteiger partial charge in [-0.2, -0.15) is 18.3 Å². The standard InChI is InChI=1S/C19H22F3N3O3/c1-11-4-5-16(26)14(8-11)18(27)24-6-7-28-9-15(24)17-12(2)23-25(13(17)3)10-19(20,21)22/h4-5,8,15,26H,6-7,9-10H2,1-3H3/t15-/m0/s1. The summed E-state index contributed by atoms with van der Waals surface area (Å²) in [4.78, 5) is 14.7. The molecule has 1 amide bonds. The van der Waals surface area contributed by atoms with Crippen molar-refractivity contribution in [2.75, 3.05) is 19.8 Å². The molecule has 9 heteroatoms. The molecule has 2 heterocycles. The van der Waals surface area contributed by atoms with E-state index in [4.69, 9.17) is 4.74 Å². The molecule has 0 unspecified atom stereocenters. The van der Waals surface area contributed by atoms with Crippen LogP contribution in [0.1, 0.15) is 38.9 Å². The van der Waals surface area contributed by atoms with E-state index in [9.17, 15) is 23.1 Å². The highest BCUT2D eigenvalue weighted by atomic mass is 19.4. The van der Waals surface area contributed by atoms with Gasteiger partial charge in [-0.3, -0.25) is 9.48 Å². The lowest BCUT2D eigenvalue weighted by Gasteiger charge is -2.36. The van der Waals surface area contributed by atoms with Gasteiger partial charge in [-0.1, -0.05) is 11.6 Å². The lowest BCUT2D eigenvalue weighted by molar-refractivity contribution is -0.143. The van der Waals surface area contributed by atoms with Crippen molar-refractivity contribution in [2.45, 2.75) is 39.5 Å². The summed E-state index contributed by atoms with van der Waals surface area (Å²) in [5.41, 5.74) is 2.28. The average Bonchev–Trinajstić information content (AvgIpc) is 2.88. The number of carbonyl (C=O) groups is 1. The Hall–Kier alpha value is -2.55. The third-order valence-corrected chi connectivity index (χ3v) is 4.87. The number of phenolic OH excluding ortho intramolecular Hbond substituents is 1. The molecule has 1 N–H and O–H groups in total. The SMILES string of the molecule is Cc1ccc(O)c(C(=O)N2CCOC[C@H]2c2c(C)nn(CC(F)(F)F)c2C)c1. The van der Waals surface area contributed by atoms with Gasteiger partial charge in [0.15, 0.2) is 0 Å². The number of carbonyl (C=O) groups excluding carboxylic acids is 1. The van der Waals surface area contributed by atoms with Gasteiger partial charge in [0.05, 0.1) is 30.5 Å². The minimum atomic E-state index is -4.40. The molecule has 1 aromatic carbocycles. The number of aromatic nitrogens is 2. The van der Waals surface area contributed by atoms with Crippen molar-refractivity contribution in [3.05, 3.63) is 46.3 Å². The summed E-state index contributed by atoms with van der Waals surface area (Å²) in [6.07, 6.45) is -4.40. The van der Waals surface area contributed by atoms with Gasteiger partial charge in [0.2, 0.25) is 0 Å². The summed E-state index contributed by atoms with van der Waals surface area (Å²) in [5.74, 6) is -0.529. The van der Waals surface area contributed by atoms with Gasteiger partial charge in [0, 0.05) is 17.8 Å². The fraction of sp³-hybridized carbons (Fsp3) is 0.474. The van der Waals surface area contributed by atoms with Crippen LogP contribution in [0.5, 0.6) is 5.75 Å². The van der Waals surface area contributed by atoms with Crippen LogP contribution >= 0.6 is 0 Å². The molecule has 0 saturated carbocycles. The third kappa shape index (κ3) is 3.99. The highest BCUT2D eigenvalue weighted by molar-refractivity contribution is 5.97. The number of benzene rings is 1. The van der Waals surface area contributed by atoms with Crippen molar-refractivity contribution >= 4 is 5.91 Å². The predicted octanol–water partition coefficient (Wildman–Crippen LogP) is 3.29. The Balaban J connectivity index is 1.98. The number of hydrogen-bond acceptors (Lipinski definition) is 4. The molecule has 1 atom stereocenters. The van der Waals surface area contributed by atoms with Crippen molar-refractivity contribution in [1.82, 2.24) is 14.7 Å². The number of morpholine rings is 1. The first-order valence-electron chi connectivity index (χ1n) is 8.87. The monoisotopic (exact) mass is 397 g/mol. The van der Waals surface area contributed by atoms with Gasteiger partial charge >= 0.3 is 6.18 Å². The molecule has 1 aromatic heterocycles. The zero-order valence-electron chi connectivity index (χ0n) is 15.9. The number of rotatable bonds is 3. The molecule has 0 spiro atoms. The van der Waals surface area contributed by atoms with E-state index in [2.05, 4.69) is 5.10 Å². The van der Waals surface area contributed by atoms with Gasteiger partial charge in [-0.15, -0.1) is 0 Å². The molecule has 1 aliphatic rings. The molecule has 3 rings (SSSR count). The van der Waals surface area contributed by atoms with E-state index in [1.807, 2.05) is 6.92 Å². The fourth-order valence-corrected chi connectivity index (χ4v) is 3.58. The van der Waals surface area contributed by atoms with E-state index in [1.54, 1.807) is 26.0 Å². The summed E-state index contributed by atoms with van der Waals surface area (Å²) in [5, 5.41) is 14.1. The molecule has 0 radical (unpaired) electrons. The number of amides is 1. The molecular weight excluding hydrogens is 375 g/mol. The van der Waals surface area contributed by atoms with Crippen LogP contribution in [0, 0.1) is 20.8 Å². The van der Waals surface area contributed by atoms with Crippen LogP contribution in [-0.2, 0) is 11.3 Å². The highest BCUT2D eigenvalue weighted by Crippen LogP contribution is 2.33. The molecule has 1 saturated heterocycles. The van der Waals surface area contributed by atoms with Crippen LogP contribution in [0.3, 0.4) is 0 Å². The second-order valence-corrected chi connectivity index (χ2v) is 6.97.